The van der Waals surface area contributed by atoms with Crippen LogP contribution >= 0.6 is 11.3 Å². The van der Waals surface area contributed by atoms with Crippen LogP contribution in [0, 0.1) is 6.92 Å². The minimum Gasteiger partial charge on any atom is -0.345 e. The molecular weight excluding hydrogens is 299 g/mol. The number of piperazine rings is 1. The highest BCUT2D eigenvalue weighted by atomic mass is 32.1. The van der Waals surface area contributed by atoms with Crippen molar-refractivity contribution in [1.29, 1.82) is 0 Å². The fourth-order valence-corrected chi connectivity index (χ4v) is 3.66. The Morgan fingerprint density at radius 3 is 2.52 bits per heavy atom. The average molecular weight is 315 g/mol. The highest BCUT2D eigenvalue weighted by Crippen LogP contribution is 2.31. The number of para-hydroxylation sites is 1. The fourth-order valence-electron chi connectivity index (χ4n) is 2.56. The quantitative estimate of drug-likeness (QED) is 0.848. The molecule has 7 heteroatoms. The first-order chi connectivity index (χ1) is 9.92. The molecule has 0 N–H and O–H groups in total. The van der Waals surface area contributed by atoms with Crippen molar-refractivity contribution in [3.8, 4) is 0 Å². The molecule has 1 fully saturated rings. The summed E-state index contributed by atoms with van der Waals surface area (Å²) < 4.78 is 38.3. The molecule has 1 aromatic heterocycles. The second-order valence-corrected chi connectivity index (χ2v) is 6.31. The lowest BCUT2D eigenvalue weighted by Crippen LogP contribution is -2.49. The van der Waals surface area contributed by atoms with Gasteiger partial charge < -0.3 is 4.90 Å². The van der Waals surface area contributed by atoms with E-state index in [1.54, 1.807) is 11.3 Å². The smallest absolute Gasteiger partial charge is 0.345 e. The minimum absolute atomic E-state index is 0.425. The molecule has 0 atom stereocenters. The van der Waals surface area contributed by atoms with Crippen LogP contribution in [-0.4, -0.2) is 48.8 Å². The molecule has 1 saturated heterocycles. The summed E-state index contributed by atoms with van der Waals surface area (Å²) in [6.07, 6.45) is -4.12. The normalized spacial score (nSPS) is 17.6. The largest absolute Gasteiger partial charge is 0.401 e. The molecule has 1 aromatic carbocycles. The third-order valence-corrected chi connectivity index (χ3v) is 4.74. The summed E-state index contributed by atoms with van der Waals surface area (Å²) in [6, 6.07) is 6.05. The summed E-state index contributed by atoms with van der Waals surface area (Å²) in [5.41, 5.74) is 2.13. The lowest BCUT2D eigenvalue weighted by Gasteiger charge is -2.34. The number of halogens is 3. The number of aryl methyl sites for hydroxylation is 1. The third kappa shape index (κ3) is 3.29. The maximum absolute atomic E-state index is 12.4. The van der Waals surface area contributed by atoms with E-state index in [0.29, 0.717) is 26.2 Å². The van der Waals surface area contributed by atoms with Crippen molar-refractivity contribution in [3.63, 3.8) is 0 Å². The fraction of sp³-hybridized carbons (Fsp3) is 0.500. The Labute approximate surface area is 125 Å². The molecule has 1 aliphatic heterocycles. The summed E-state index contributed by atoms with van der Waals surface area (Å²) in [6.45, 7) is 3.24. The van der Waals surface area contributed by atoms with E-state index in [1.165, 1.54) is 4.90 Å². The maximum Gasteiger partial charge on any atom is 0.401 e. The Bertz CT molecular complexity index is 630. The van der Waals surface area contributed by atoms with E-state index < -0.39 is 12.7 Å². The Kier molecular flexibility index (Phi) is 3.79. The van der Waals surface area contributed by atoms with Crippen LogP contribution in [0.1, 0.15) is 5.56 Å². The standard InChI is InChI=1S/C14H16F3N3S/c1-10-3-2-4-11-12(10)18-13(21-11)20-7-5-19(6-8-20)9-14(15,16)17/h2-4H,5-9H2,1H3. The van der Waals surface area contributed by atoms with Crippen LogP contribution in [0.2, 0.25) is 0 Å². The third-order valence-electron chi connectivity index (χ3n) is 3.66. The zero-order chi connectivity index (χ0) is 15.0. The van der Waals surface area contributed by atoms with Gasteiger partial charge >= 0.3 is 6.18 Å². The van der Waals surface area contributed by atoms with Crippen LogP contribution < -0.4 is 4.90 Å². The molecule has 0 unspecified atom stereocenters. The van der Waals surface area contributed by atoms with Gasteiger partial charge in [-0.25, -0.2) is 4.98 Å². The Hall–Kier alpha value is -1.34. The first kappa shape index (κ1) is 14.6. The molecule has 0 radical (unpaired) electrons. The minimum atomic E-state index is -4.12. The molecule has 114 valence electrons. The molecule has 21 heavy (non-hydrogen) atoms. The van der Waals surface area contributed by atoms with Gasteiger partial charge in [-0.05, 0) is 18.6 Å². The van der Waals surface area contributed by atoms with Gasteiger partial charge in [-0.3, -0.25) is 4.90 Å². The number of rotatable bonds is 2. The van der Waals surface area contributed by atoms with Gasteiger partial charge in [0.2, 0.25) is 0 Å². The molecule has 2 heterocycles. The number of benzene rings is 1. The highest BCUT2D eigenvalue weighted by Gasteiger charge is 2.32. The molecule has 0 amide bonds. The predicted octanol–water partition coefficient (Wildman–Crippen LogP) is 3.29. The number of alkyl halides is 3. The molecule has 3 rings (SSSR count). The Morgan fingerprint density at radius 2 is 1.90 bits per heavy atom. The molecule has 0 aliphatic carbocycles. The molecule has 0 bridgehead atoms. The zero-order valence-electron chi connectivity index (χ0n) is 11.7. The van der Waals surface area contributed by atoms with Gasteiger partial charge in [0.1, 0.15) is 0 Å². The van der Waals surface area contributed by atoms with Crippen LogP contribution in [-0.2, 0) is 0 Å². The predicted molar refractivity (Wildman–Crippen MR) is 79.1 cm³/mol. The summed E-state index contributed by atoms with van der Waals surface area (Å²) in [4.78, 5) is 8.17. The summed E-state index contributed by atoms with van der Waals surface area (Å²) >= 11 is 1.61. The van der Waals surface area contributed by atoms with E-state index in [0.717, 1.165) is 20.9 Å². The van der Waals surface area contributed by atoms with Gasteiger partial charge in [0.15, 0.2) is 5.13 Å². The van der Waals surface area contributed by atoms with Crippen molar-refractivity contribution in [1.82, 2.24) is 9.88 Å². The van der Waals surface area contributed by atoms with Gasteiger partial charge in [-0.2, -0.15) is 13.2 Å². The van der Waals surface area contributed by atoms with E-state index >= 15 is 0 Å². The van der Waals surface area contributed by atoms with Crippen LogP contribution in [0.3, 0.4) is 0 Å². The van der Waals surface area contributed by atoms with Gasteiger partial charge in [0.25, 0.3) is 0 Å². The molecular formula is C14H16F3N3S. The Morgan fingerprint density at radius 1 is 1.19 bits per heavy atom. The number of hydrogen-bond acceptors (Lipinski definition) is 4. The van der Waals surface area contributed by atoms with Crippen molar-refractivity contribution in [3.05, 3.63) is 23.8 Å². The van der Waals surface area contributed by atoms with Crippen LogP contribution in [0.15, 0.2) is 18.2 Å². The van der Waals surface area contributed by atoms with Gasteiger partial charge in [-0.15, -0.1) is 0 Å². The monoisotopic (exact) mass is 315 g/mol. The van der Waals surface area contributed by atoms with Crippen LogP contribution in [0.25, 0.3) is 10.2 Å². The molecule has 0 saturated carbocycles. The zero-order valence-corrected chi connectivity index (χ0v) is 12.5. The summed E-state index contributed by atoms with van der Waals surface area (Å²) in [7, 11) is 0. The number of anilines is 1. The topological polar surface area (TPSA) is 19.4 Å². The van der Waals surface area contributed by atoms with Gasteiger partial charge in [0.05, 0.1) is 16.8 Å². The maximum atomic E-state index is 12.4. The number of aromatic nitrogens is 1. The van der Waals surface area contributed by atoms with Gasteiger partial charge in [-0.1, -0.05) is 23.5 Å². The van der Waals surface area contributed by atoms with E-state index in [1.807, 2.05) is 25.1 Å². The van der Waals surface area contributed by atoms with Crippen molar-refractivity contribution in [2.24, 2.45) is 0 Å². The highest BCUT2D eigenvalue weighted by molar-refractivity contribution is 7.22. The molecule has 1 aliphatic rings. The second kappa shape index (κ2) is 5.46. The van der Waals surface area contributed by atoms with Gasteiger partial charge in [0, 0.05) is 26.2 Å². The van der Waals surface area contributed by atoms with E-state index in [9.17, 15) is 13.2 Å². The molecule has 3 nitrogen and oxygen atoms in total. The second-order valence-electron chi connectivity index (χ2n) is 5.30. The molecule has 2 aromatic rings. The van der Waals surface area contributed by atoms with E-state index in [2.05, 4.69) is 9.88 Å². The summed E-state index contributed by atoms with van der Waals surface area (Å²) in [5.74, 6) is 0. The van der Waals surface area contributed by atoms with Crippen LogP contribution in [0.4, 0.5) is 18.3 Å². The van der Waals surface area contributed by atoms with Crippen LogP contribution in [0.5, 0.6) is 0 Å². The SMILES string of the molecule is Cc1cccc2sc(N3CCN(CC(F)(F)F)CC3)nc12. The van der Waals surface area contributed by atoms with Crippen molar-refractivity contribution < 1.29 is 13.2 Å². The number of thiazole rings is 1. The first-order valence-electron chi connectivity index (χ1n) is 6.82. The molecule has 0 spiro atoms. The average Bonchev–Trinajstić information content (AvgIpc) is 2.83. The van der Waals surface area contributed by atoms with E-state index in [-0.39, 0.29) is 0 Å². The number of hydrogen-bond donors (Lipinski definition) is 0. The summed E-state index contributed by atoms with van der Waals surface area (Å²) in [5, 5.41) is 0.908. The van der Waals surface area contributed by atoms with E-state index in [4.69, 9.17) is 0 Å². The number of nitrogens with zero attached hydrogens (tertiary/aromatic N) is 3. The lowest BCUT2D eigenvalue weighted by atomic mass is 10.2. The number of fused-ring (bicyclic) bond motifs is 1. The van der Waals surface area contributed by atoms with Crippen molar-refractivity contribution in [2.45, 2.75) is 13.1 Å². The first-order valence-corrected chi connectivity index (χ1v) is 7.64. The van der Waals surface area contributed by atoms with Crippen molar-refractivity contribution >= 4 is 26.7 Å². The van der Waals surface area contributed by atoms with Crippen molar-refractivity contribution in [2.75, 3.05) is 37.6 Å². The lowest BCUT2D eigenvalue weighted by molar-refractivity contribution is -0.146. The Balaban J connectivity index is 1.70.